The van der Waals surface area contributed by atoms with Gasteiger partial charge in [-0.05, 0) is 37.5 Å². The number of benzene rings is 1. The third-order valence-electron chi connectivity index (χ3n) is 3.49. The molecule has 0 aliphatic heterocycles. The van der Waals surface area contributed by atoms with Gasteiger partial charge < -0.3 is 10.6 Å². The van der Waals surface area contributed by atoms with Crippen LogP contribution in [0.3, 0.4) is 0 Å². The first kappa shape index (κ1) is 17.0. The predicted molar refractivity (Wildman–Crippen MR) is 89.0 cm³/mol. The van der Waals surface area contributed by atoms with Crippen LogP contribution in [0.4, 0.5) is 5.69 Å². The molecule has 0 saturated heterocycles. The van der Waals surface area contributed by atoms with Crippen molar-refractivity contribution >= 4 is 27.5 Å². The summed E-state index contributed by atoms with van der Waals surface area (Å²) in [7, 11) is 0. The molecule has 4 heteroatoms. The van der Waals surface area contributed by atoms with E-state index >= 15 is 0 Å². The highest BCUT2D eigenvalue weighted by atomic mass is 79.9. The Labute approximate surface area is 130 Å². The summed E-state index contributed by atoms with van der Waals surface area (Å²) >= 11 is 3.42. The zero-order chi connectivity index (χ0) is 15.1. The van der Waals surface area contributed by atoms with Gasteiger partial charge in [-0.3, -0.25) is 4.79 Å². The average molecular weight is 341 g/mol. The van der Waals surface area contributed by atoms with Crippen LogP contribution in [-0.4, -0.2) is 23.9 Å². The van der Waals surface area contributed by atoms with Crippen LogP contribution < -0.4 is 5.73 Å². The molecule has 0 radical (unpaired) electrons. The van der Waals surface area contributed by atoms with Gasteiger partial charge in [-0.2, -0.15) is 0 Å². The number of halogens is 1. The van der Waals surface area contributed by atoms with Crippen LogP contribution in [0.2, 0.25) is 0 Å². The van der Waals surface area contributed by atoms with E-state index in [0.717, 1.165) is 48.8 Å². The maximum atomic E-state index is 12.7. The molecule has 0 aromatic heterocycles. The zero-order valence-corrected chi connectivity index (χ0v) is 14.3. The molecule has 1 rings (SSSR count). The fourth-order valence-electron chi connectivity index (χ4n) is 2.11. The summed E-state index contributed by atoms with van der Waals surface area (Å²) in [6.45, 7) is 7.84. The minimum atomic E-state index is 0.0948. The van der Waals surface area contributed by atoms with Crippen molar-refractivity contribution in [2.45, 2.75) is 46.5 Å². The molecule has 0 bridgehead atoms. The molecule has 1 aromatic carbocycles. The Balaban J connectivity index is 2.98. The molecule has 0 fully saturated rings. The lowest BCUT2D eigenvalue weighted by Gasteiger charge is -2.24. The molecule has 3 nitrogen and oxygen atoms in total. The molecule has 0 aliphatic carbocycles. The van der Waals surface area contributed by atoms with Crippen LogP contribution >= 0.6 is 15.9 Å². The Morgan fingerprint density at radius 2 is 1.75 bits per heavy atom. The third kappa shape index (κ3) is 4.51. The van der Waals surface area contributed by atoms with Crippen LogP contribution in [0, 0.1) is 6.92 Å². The van der Waals surface area contributed by atoms with Gasteiger partial charge in [0.2, 0.25) is 0 Å². The molecule has 0 aliphatic rings. The molecule has 0 unspecified atom stereocenters. The minimum absolute atomic E-state index is 0.0948. The number of hydrogen-bond donors (Lipinski definition) is 1. The first-order valence-corrected chi connectivity index (χ1v) is 8.15. The van der Waals surface area contributed by atoms with Gasteiger partial charge >= 0.3 is 0 Å². The molecule has 20 heavy (non-hydrogen) atoms. The molecule has 2 N–H and O–H groups in total. The molecule has 0 saturated carbocycles. The number of anilines is 1. The van der Waals surface area contributed by atoms with E-state index in [1.807, 2.05) is 24.0 Å². The van der Waals surface area contributed by atoms with E-state index in [0.29, 0.717) is 11.3 Å². The second-order valence-corrected chi connectivity index (χ2v) is 6.08. The predicted octanol–water partition coefficient (Wildman–Crippen LogP) is 4.38. The highest BCUT2D eigenvalue weighted by molar-refractivity contribution is 9.10. The molecular weight excluding hydrogens is 316 g/mol. The Morgan fingerprint density at radius 3 is 2.25 bits per heavy atom. The number of nitrogens with zero attached hydrogens (tertiary/aromatic N) is 1. The fourth-order valence-corrected chi connectivity index (χ4v) is 2.58. The SMILES string of the molecule is CCCCN(CCCC)C(=O)c1cc(Br)cc(N)c1C. The molecule has 1 amide bonds. The molecule has 1 aromatic rings. The largest absolute Gasteiger partial charge is 0.398 e. The number of hydrogen-bond acceptors (Lipinski definition) is 2. The van der Waals surface area contributed by atoms with Gasteiger partial charge in [0.1, 0.15) is 0 Å². The highest BCUT2D eigenvalue weighted by Crippen LogP contribution is 2.24. The molecule has 112 valence electrons. The number of carbonyl (C=O) groups is 1. The first-order chi connectivity index (χ1) is 9.51. The van der Waals surface area contributed by atoms with E-state index in [2.05, 4.69) is 29.8 Å². The number of amides is 1. The van der Waals surface area contributed by atoms with Crippen molar-refractivity contribution in [3.8, 4) is 0 Å². The topological polar surface area (TPSA) is 46.3 Å². The Bertz CT molecular complexity index is 452. The van der Waals surface area contributed by atoms with E-state index in [-0.39, 0.29) is 5.91 Å². The average Bonchev–Trinajstić information content (AvgIpc) is 2.42. The monoisotopic (exact) mass is 340 g/mol. The minimum Gasteiger partial charge on any atom is -0.398 e. The van der Waals surface area contributed by atoms with E-state index in [1.165, 1.54) is 0 Å². The molecule has 0 spiro atoms. The summed E-state index contributed by atoms with van der Waals surface area (Å²) in [5, 5.41) is 0. The van der Waals surface area contributed by atoms with Crippen molar-refractivity contribution in [3.63, 3.8) is 0 Å². The normalized spacial score (nSPS) is 10.6. The van der Waals surface area contributed by atoms with Gasteiger partial charge in [-0.15, -0.1) is 0 Å². The maximum absolute atomic E-state index is 12.7. The van der Waals surface area contributed by atoms with Crippen LogP contribution in [-0.2, 0) is 0 Å². The van der Waals surface area contributed by atoms with E-state index in [9.17, 15) is 4.79 Å². The Hall–Kier alpha value is -1.03. The summed E-state index contributed by atoms with van der Waals surface area (Å²) in [5.41, 5.74) is 8.20. The van der Waals surface area contributed by atoms with Crippen molar-refractivity contribution in [1.29, 1.82) is 0 Å². The van der Waals surface area contributed by atoms with Gasteiger partial charge in [-0.25, -0.2) is 0 Å². The standard InChI is InChI=1S/C16H25BrN2O/c1-4-6-8-19(9-7-5-2)16(20)14-10-13(17)11-15(18)12(14)3/h10-11H,4-9,18H2,1-3H3. The van der Waals surface area contributed by atoms with Crippen molar-refractivity contribution in [3.05, 3.63) is 27.7 Å². The Kier molecular flexibility index (Phi) is 7.06. The van der Waals surface area contributed by atoms with Crippen molar-refractivity contribution < 1.29 is 4.79 Å². The van der Waals surface area contributed by atoms with Crippen molar-refractivity contribution in [2.24, 2.45) is 0 Å². The quantitative estimate of drug-likeness (QED) is 0.748. The van der Waals surface area contributed by atoms with Gasteiger partial charge in [0.05, 0.1) is 0 Å². The second-order valence-electron chi connectivity index (χ2n) is 5.17. The smallest absolute Gasteiger partial charge is 0.254 e. The summed E-state index contributed by atoms with van der Waals surface area (Å²) in [6, 6.07) is 3.72. The summed E-state index contributed by atoms with van der Waals surface area (Å²) in [5.74, 6) is 0.0948. The lowest BCUT2D eigenvalue weighted by Crippen LogP contribution is -2.33. The Morgan fingerprint density at radius 1 is 1.20 bits per heavy atom. The number of unbranched alkanes of at least 4 members (excludes halogenated alkanes) is 2. The lowest BCUT2D eigenvalue weighted by atomic mass is 10.1. The van der Waals surface area contributed by atoms with Crippen LogP contribution in [0.5, 0.6) is 0 Å². The fraction of sp³-hybridized carbons (Fsp3) is 0.562. The van der Waals surface area contributed by atoms with Crippen molar-refractivity contribution in [1.82, 2.24) is 4.90 Å². The summed E-state index contributed by atoms with van der Waals surface area (Å²) in [4.78, 5) is 14.7. The number of carbonyl (C=O) groups excluding carboxylic acids is 1. The number of nitrogen functional groups attached to an aromatic ring is 1. The summed E-state index contributed by atoms with van der Waals surface area (Å²) < 4.78 is 0.856. The second kappa shape index (κ2) is 8.30. The van der Waals surface area contributed by atoms with Crippen LogP contribution in [0.1, 0.15) is 55.5 Å². The van der Waals surface area contributed by atoms with Gasteiger partial charge in [0.25, 0.3) is 5.91 Å². The van der Waals surface area contributed by atoms with Crippen molar-refractivity contribution in [2.75, 3.05) is 18.8 Å². The van der Waals surface area contributed by atoms with Crippen LogP contribution in [0.15, 0.2) is 16.6 Å². The highest BCUT2D eigenvalue weighted by Gasteiger charge is 2.18. The van der Waals surface area contributed by atoms with E-state index in [1.54, 1.807) is 0 Å². The van der Waals surface area contributed by atoms with E-state index < -0.39 is 0 Å². The maximum Gasteiger partial charge on any atom is 0.254 e. The van der Waals surface area contributed by atoms with Gasteiger partial charge in [0.15, 0.2) is 0 Å². The van der Waals surface area contributed by atoms with Crippen LogP contribution in [0.25, 0.3) is 0 Å². The summed E-state index contributed by atoms with van der Waals surface area (Å²) in [6.07, 6.45) is 4.26. The molecule has 0 atom stereocenters. The molecular formula is C16H25BrN2O. The number of rotatable bonds is 7. The lowest BCUT2D eigenvalue weighted by molar-refractivity contribution is 0.0750. The zero-order valence-electron chi connectivity index (χ0n) is 12.7. The third-order valence-corrected chi connectivity index (χ3v) is 3.95. The number of nitrogens with two attached hydrogens (primary N) is 1. The first-order valence-electron chi connectivity index (χ1n) is 7.36. The van der Waals surface area contributed by atoms with Gasteiger partial charge in [-0.1, -0.05) is 42.6 Å². The molecule has 0 heterocycles. The van der Waals surface area contributed by atoms with E-state index in [4.69, 9.17) is 5.73 Å². The van der Waals surface area contributed by atoms with Gasteiger partial charge in [0, 0.05) is 28.8 Å².